The number of anilines is 1. The first-order valence-corrected chi connectivity index (χ1v) is 12.3. The van der Waals surface area contributed by atoms with Gasteiger partial charge >= 0.3 is 12.1 Å². The number of thiocarbonyl (C=S) groups is 1. The lowest BCUT2D eigenvalue weighted by molar-refractivity contribution is 0.0589. The molecule has 0 saturated carbocycles. The summed E-state index contributed by atoms with van der Waals surface area (Å²) in [5, 5.41) is 6.17. The second-order valence-electron chi connectivity index (χ2n) is 7.81. The Kier molecular flexibility index (Phi) is 8.67. The Balaban J connectivity index is 1.85. The molecule has 0 bridgehead atoms. The number of halogens is 1. The van der Waals surface area contributed by atoms with Crippen LogP contribution in [0.3, 0.4) is 0 Å². The topological polar surface area (TPSA) is 112 Å². The van der Waals surface area contributed by atoms with E-state index >= 15 is 0 Å². The number of hydrogen-bond donors (Lipinski definition) is 2. The Labute approximate surface area is 229 Å². The summed E-state index contributed by atoms with van der Waals surface area (Å²) in [4.78, 5) is 33.9. The molecule has 4 rings (SSSR count). The van der Waals surface area contributed by atoms with Crippen LogP contribution in [0.2, 0.25) is 5.02 Å². The summed E-state index contributed by atoms with van der Waals surface area (Å²) in [7, 11) is 1.25. The first-order valence-electron chi connectivity index (χ1n) is 11.5. The van der Waals surface area contributed by atoms with Crippen LogP contribution >= 0.6 is 23.8 Å². The van der Waals surface area contributed by atoms with Crippen molar-refractivity contribution in [3.8, 4) is 17.0 Å². The monoisotopic (exact) mass is 550 g/mol. The fourth-order valence-electron chi connectivity index (χ4n) is 3.57. The molecule has 194 valence electrons. The molecule has 0 aliphatic rings. The highest BCUT2D eigenvalue weighted by atomic mass is 35.5. The van der Waals surface area contributed by atoms with E-state index in [1.807, 2.05) is 42.5 Å². The van der Waals surface area contributed by atoms with Gasteiger partial charge in [0.2, 0.25) is 0 Å². The van der Waals surface area contributed by atoms with Crippen molar-refractivity contribution in [3.05, 3.63) is 83.0 Å². The zero-order valence-corrected chi connectivity index (χ0v) is 22.1. The maximum absolute atomic E-state index is 12.8. The number of carbonyl (C=O) groups is 2. The summed E-state index contributed by atoms with van der Waals surface area (Å²) in [6.07, 6.45) is -0.738. The van der Waals surface area contributed by atoms with Crippen molar-refractivity contribution in [2.24, 2.45) is 0 Å². The molecule has 0 saturated heterocycles. The molecule has 0 aliphatic heterocycles. The number of rotatable bonds is 7. The fourth-order valence-corrected chi connectivity index (χ4v) is 3.94. The van der Waals surface area contributed by atoms with Gasteiger partial charge in [-0.3, -0.25) is 5.32 Å². The number of methoxy groups -OCH3 is 1. The molecule has 11 heteroatoms. The minimum absolute atomic E-state index is 0.0883. The first-order chi connectivity index (χ1) is 18.4. The van der Waals surface area contributed by atoms with E-state index < -0.39 is 12.1 Å². The molecule has 0 aliphatic carbocycles. The summed E-state index contributed by atoms with van der Waals surface area (Å²) in [5.41, 5.74) is 2.50. The average Bonchev–Trinajstić information content (AvgIpc) is 2.92. The number of carbonyl (C=O) groups excluding carboxylic acids is 2. The van der Waals surface area contributed by atoms with E-state index in [1.54, 1.807) is 31.2 Å². The van der Waals surface area contributed by atoms with E-state index in [0.29, 0.717) is 21.6 Å². The van der Waals surface area contributed by atoms with Gasteiger partial charge in [-0.05, 0) is 49.0 Å². The molecule has 2 heterocycles. The van der Waals surface area contributed by atoms with E-state index in [2.05, 4.69) is 15.6 Å². The van der Waals surface area contributed by atoms with Crippen molar-refractivity contribution in [3.63, 3.8) is 0 Å². The highest BCUT2D eigenvalue weighted by Crippen LogP contribution is 2.35. The number of nitrogens with zero attached hydrogens (tertiary/aromatic N) is 2. The largest absolute Gasteiger partial charge is 0.486 e. The lowest BCUT2D eigenvalue weighted by Crippen LogP contribution is -2.35. The van der Waals surface area contributed by atoms with Crippen LogP contribution in [-0.4, -0.2) is 40.9 Å². The van der Waals surface area contributed by atoms with Gasteiger partial charge in [-0.15, -0.1) is 0 Å². The molecule has 9 nitrogen and oxygen atoms in total. The third-order valence-corrected chi connectivity index (χ3v) is 5.69. The number of fused-ring (bicyclic) bond motifs is 1. The van der Waals surface area contributed by atoms with Crippen molar-refractivity contribution >= 4 is 57.7 Å². The normalized spacial score (nSPS) is 10.5. The van der Waals surface area contributed by atoms with Crippen LogP contribution in [-0.2, 0) is 16.1 Å². The highest BCUT2D eigenvalue weighted by Gasteiger charge is 2.24. The minimum Gasteiger partial charge on any atom is -0.486 e. The van der Waals surface area contributed by atoms with Gasteiger partial charge in [0.05, 0.1) is 19.4 Å². The highest BCUT2D eigenvalue weighted by molar-refractivity contribution is 7.80. The van der Waals surface area contributed by atoms with E-state index in [-0.39, 0.29) is 35.6 Å². The Bertz CT molecular complexity index is 1500. The van der Waals surface area contributed by atoms with Crippen LogP contribution in [0.15, 0.2) is 66.7 Å². The first kappa shape index (κ1) is 26.8. The Morgan fingerprint density at radius 1 is 1.03 bits per heavy atom. The summed E-state index contributed by atoms with van der Waals surface area (Å²) in [6, 6.07) is 20.2. The molecule has 0 spiro atoms. The van der Waals surface area contributed by atoms with Gasteiger partial charge in [0, 0.05) is 16.0 Å². The van der Waals surface area contributed by atoms with Gasteiger partial charge < -0.3 is 19.5 Å². The lowest BCUT2D eigenvalue weighted by atomic mass is 10.1. The Morgan fingerprint density at radius 2 is 1.82 bits per heavy atom. The van der Waals surface area contributed by atoms with Gasteiger partial charge in [-0.25, -0.2) is 19.6 Å². The predicted molar refractivity (Wildman–Crippen MR) is 148 cm³/mol. The van der Waals surface area contributed by atoms with Crippen molar-refractivity contribution in [1.29, 1.82) is 0 Å². The van der Waals surface area contributed by atoms with Gasteiger partial charge in [0.25, 0.3) is 0 Å². The zero-order valence-electron chi connectivity index (χ0n) is 20.5. The third-order valence-electron chi connectivity index (χ3n) is 5.25. The third kappa shape index (κ3) is 6.34. The number of aromatic nitrogens is 2. The molecule has 2 aromatic carbocycles. The number of alkyl carbamates (subject to hydrolysis) is 1. The van der Waals surface area contributed by atoms with Crippen LogP contribution in [0.4, 0.5) is 10.6 Å². The number of nitrogens with one attached hydrogen (secondary N) is 2. The van der Waals surface area contributed by atoms with Gasteiger partial charge in [-0.1, -0.05) is 54.1 Å². The number of hydrogen-bond acceptors (Lipinski definition) is 8. The molecule has 2 N–H and O–H groups in total. The summed E-state index contributed by atoms with van der Waals surface area (Å²) < 4.78 is 16.0. The van der Waals surface area contributed by atoms with E-state index in [1.165, 1.54) is 7.11 Å². The standard InChI is InChI=1S/C27H23ClN4O5S/c1-3-36-27(34)32-26(38)31-24-21-19(12-13-20(29-21)17-10-7-11-18(28)14-17)23(22(30-24)25(33)35-2)37-15-16-8-5-4-6-9-16/h4-14H,3,15H2,1-2H3,(H2,30,31,32,34,38). The van der Waals surface area contributed by atoms with E-state index in [0.717, 1.165) is 11.1 Å². The van der Waals surface area contributed by atoms with Crippen molar-refractivity contribution in [2.45, 2.75) is 13.5 Å². The summed E-state index contributed by atoms with van der Waals surface area (Å²) in [5.74, 6) is -0.421. The lowest BCUT2D eigenvalue weighted by Gasteiger charge is -2.17. The maximum Gasteiger partial charge on any atom is 0.413 e. The van der Waals surface area contributed by atoms with E-state index in [4.69, 9.17) is 43.0 Å². The quantitative estimate of drug-likeness (QED) is 0.219. The number of pyridine rings is 2. The predicted octanol–water partition coefficient (Wildman–Crippen LogP) is 5.76. The van der Waals surface area contributed by atoms with Gasteiger partial charge in [0.1, 0.15) is 12.1 Å². The summed E-state index contributed by atoms with van der Waals surface area (Å²) in [6.45, 7) is 2.01. The van der Waals surface area contributed by atoms with Crippen LogP contribution in [0.1, 0.15) is 23.0 Å². The maximum atomic E-state index is 12.8. The molecule has 4 aromatic rings. The Morgan fingerprint density at radius 3 is 2.53 bits per heavy atom. The van der Waals surface area contributed by atoms with Crippen LogP contribution in [0.5, 0.6) is 5.75 Å². The van der Waals surface area contributed by atoms with Crippen molar-refractivity contribution in [1.82, 2.24) is 15.3 Å². The van der Waals surface area contributed by atoms with Crippen LogP contribution < -0.4 is 15.4 Å². The molecule has 0 unspecified atom stereocenters. The number of benzene rings is 2. The molecule has 2 aromatic heterocycles. The second kappa shape index (κ2) is 12.3. The van der Waals surface area contributed by atoms with Gasteiger partial charge in [-0.2, -0.15) is 0 Å². The van der Waals surface area contributed by atoms with E-state index in [9.17, 15) is 9.59 Å². The fraction of sp³-hybridized carbons (Fsp3) is 0.148. The van der Waals surface area contributed by atoms with Crippen molar-refractivity contribution < 1.29 is 23.8 Å². The molecule has 38 heavy (non-hydrogen) atoms. The smallest absolute Gasteiger partial charge is 0.413 e. The summed E-state index contributed by atoms with van der Waals surface area (Å²) >= 11 is 11.5. The SMILES string of the molecule is CCOC(=O)NC(=S)Nc1nc(C(=O)OC)c(OCc2ccccc2)c2ccc(-c3cccc(Cl)c3)nc12. The second-order valence-corrected chi connectivity index (χ2v) is 8.65. The average molecular weight is 551 g/mol. The molecular weight excluding hydrogens is 528 g/mol. The number of esters is 1. The molecule has 0 atom stereocenters. The molecule has 0 radical (unpaired) electrons. The molecular formula is C27H23ClN4O5S. The molecule has 1 amide bonds. The van der Waals surface area contributed by atoms with Crippen LogP contribution in [0.25, 0.3) is 22.2 Å². The minimum atomic E-state index is -0.738. The molecule has 0 fully saturated rings. The number of amides is 1. The zero-order chi connectivity index (χ0) is 27.1. The van der Waals surface area contributed by atoms with Crippen LogP contribution in [0, 0.1) is 0 Å². The van der Waals surface area contributed by atoms with Gasteiger partial charge in [0.15, 0.2) is 22.4 Å². The Hall–Kier alpha value is -4.28. The van der Waals surface area contributed by atoms with Crippen molar-refractivity contribution in [2.75, 3.05) is 19.0 Å². The number of ether oxygens (including phenoxy) is 3.